The highest BCUT2D eigenvalue weighted by molar-refractivity contribution is 9.10. The number of ether oxygens (including phenoxy) is 1. The van der Waals surface area contributed by atoms with Gasteiger partial charge in [0.1, 0.15) is 0 Å². The van der Waals surface area contributed by atoms with Crippen LogP contribution in [0.15, 0.2) is 52.1 Å². The first-order chi connectivity index (χ1) is 13.5. The van der Waals surface area contributed by atoms with Crippen LogP contribution in [0.3, 0.4) is 0 Å². The van der Waals surface area contributed by atoms with Gasteiger partial charge < -0.3 is 10.1 Å². The maximum absolute atomic E-state index is 11.2. The second-order valence-electron chi connectivity index (χ2n) is 5.87. The third-order valence-electron chi connectivity index (χ3n) is 4.05. The summed E-state index contributed by atoms with van der Waals surface area (Å²) in [6.45, 7) is 2.00. The summed E-state index contributed by atoms with van der Waals surface area (Å²) in [6, 6.07) is 12.0. The summed E-state index contributed by atoms with van der Waals surface area (Å²) >= 11 is 4.94. The molecular formula is C18H14BrN5O3S. The first-order valence-corrected chi connectivity index (χ1v) is 10.2. The molecule has 0 radical (unpaired) electrons. The van der Waals surface area contributed by atoms with E-state index in [1.807, 2.05) is 25.1 Å². The summed E-state index contributed by atoms with van der Waals surface area (Å²) < 4.78 is 6.99. The van der Waals surface area contributed by atoms with Crippen molar-refractivity contribution in [1.82, 2.24) is 15.2 Å². The Morgan fingerprint density at radius 1 is 1.29 bits per heavy atom. The van der Waals surface area contributed by atoms with Crippen LogP contribution in [0.1, 0.15) is 18.7 Å². The van der Waals surface area contributed by atoms with Gasteiger partial charge in [0.2, 0.25) is 11.0 Å². The average Bonchev–Trinajstić information content (AvgIpc) is 2.84. The molecular weight excluding hydrogens is 446 g/mol. The standard InChI is InChI=1S/C18H14BrN5O3S/c1-2-28-18-21-17-15(22-23-18)13-9-11(19)6-7-14(13)20-16(27-17)10-4-3-5-12(8-10)24(25)26/h3-9,16,20H,2H2,1H3/t16-/m1/s1. The Hall–Kier alpha value is -2.72. The quantitative estimate of drug-likeness (QED) is 0.336. The molecule has 3 aromatic rings. The predicted molar refractivity (Wildman–Crippen MR) is 109 cm³/mol. The fourth-order valence-electron chi connectivity index (χ4n) is 2.81. The van der Waals surface area contributed by atoms with Crippen molar-refractivity contribution in [3.05, 3.63) is 62.6 Å². The first kappa shape index (κ1) is 18.6. The maximum Gasteiger partial charge on any atom is 0.269 e. The van der Waals surface area contributed by atoms with Gasteiger partial charge in [0, 0.05) is 33.4 Å². The van der Waals surface area contributed by atoms with Gasteiger partial charge in [-0.15, -0.1) is 10.2 Å². The number of aromatic nitrogens is 3. The highest BCUT2D eigenvalue weighted by atomic mass is 79.9. The number of nitro benzene ring substituents is 1. The fourth-order valence-corrected chi connectivity index (χ4v) is 3.68. The molecule has 0 amide bonds. The van der Waals surface area contributed by atoms with E-state index in [0.717, 1.165) is 21.5 Å². The summed E-state index contributed by atoms with van der Waals surface area (Å²) in [6.07, 6.45) is -0.669. The maximum atomic E-state index is 11.2. The van der Waals surface area contributed by atoms with Gasteiger partial charge >= 0.3 is 0 Å². The largest absolute Gasteiger partial charge is 0.448 e. The van der Waals surface area contributed by atoms with E-state index in [-0.39, 0.29) is 5.69 Å². The van der Waals surface area contributed by atoms with Crippen molar-refractivity contribution in [1.29, 1.82) is 0 Å². The van der Waals surface area contributed by atoms with E-state index in [1.165, 1.54) is 23.9 Å². The molecule has 1 aromatic heterocycles. The molecule has 1 aliphatic heterocycles. The zero-order valence-corrected chi connectivity index (χ0v) is 17.0. The van der Waals surface area contributed by atoms with Crippen LogP contribution in [0.25, 0.3) is 11.3 Å². The van der Waals surface area contributed by atoms with Crippen molar-refractivity contribution in [3.8, 4) is 17.1 Å². The van der Waals surface area contributed by atoms with Gasteiger partial charge in [-0.05, 0) is 24.0 Å². The number of nitrogens with zero attached hydrogens (tertiary/aromatic N) is 4. The summed E-state index contributed by atoms with van der Waals surface area (Å²) in [7, 11) is 0. The van der Waals surface area contributed by atoms with E-state index >= 15 is 0 Å². The van der Waals surface area contributed by atoms with E-state index < -0.39 is 11.2 Å². The predicted octanol–water partition coefficient (Wildman–Crippen LogP) is 4.82. The van der Waals surface area contributed by atoms with Crippen LogP contribution in [0.2, 0.25) is 0 Å². The number of nitrogens with one attached hydrogen (secondary N) is 1. The number of anilines is 1. The Morgan fingerprint density at radius 3 is 2.93 bits per heavy atom. The summed E-state index contributed by atoms with van der Waals surface area (Å²) in [4.78, 5) is 15.2. The van der Waals surface area contributed by atoms with Gasteiger partial charge in [-0.3, -0.25) is 10.1 Å². The lowest BCUT2D eigenvalue weighted by Gasteiger charge is -2.19. The Kier molecular flexibility index (Phi) is 5.14. The highest BCUT2D eigenvalue weighted by Gasteiger charge is 2.27. The number of hydrogen-bond donors (Lipinski definition) is 1. The van der Waals surface area contributed by atoms with Crippen molar-refractivity contribution in [2.75, 3.05) is 11.1 Å². The minimum atomic E-state index is -0.669. The summed E-state index contributed by atoms with van der Waals surface area (Å²) in [5.74, 6) is 1.13. The number of fused-ring (bicyclic) bond motifs is 3. The van der Waals surface area contributed by atoms with Gasteiger partial charge in [-0.2, -0.15) is 4.98 Å². The monoisotopic (exact) mass is 459 g/mol. The SMILES string of the molecule is CCSc1nnc2c(n1)O[C@H](c1cccc([N+](=O)[O-])c1)Nc1ccc(Br)cc1-2. The third kappa shape index (κ3) is 3.65. The van der Waals surface area contributed by atoms with Crippen molar-refractivity contribution < 1.29 is 9.66 Å². The summed E-state index contributed by atoms with van der Waals surface area (Å²) in [5.41, 5.74) is 2.67. The van der Waals surface area contributed by atoms with Crippen molar-refractivity contribution in [2.24, 2.45) is 0 Å². The molecule has 8 nitrogen and oxygen atoms in total. The molecule has 1 N–H and O–H groups in total. The minimum absolute atomic E-state index is 0.00793. The topological polar surface area (TPSA) is 103 Å². The van der Waals surface area contributed by atoms with Crippen molar-refractivity contribution >= 4 is 39.1 Å². The third-order valence-corrected chi connectivity index (χ3v) is 5.26. The number of thioether (sulfide) groups is 1. The Balaban J connectivity index is 1.84. The zero-order valence-electron chi connectivity index (χ0n) is 14.6. The first-order valence-electron chi connectivity index (χ1n) is 8.40. The molecule has 1 atom stereocenters. The molecule has 1 aliphatic rings. The lowest BCUT2D eigenvalue weighted by atomic mass is 10.1. The van der Waals surface area contributed by atoms with Crippen LogP contribution in [0.4, 0.5) is 11.4 Å². The molecule has 0 aliphatic carbocycles. The van der Waals surface area contributed by atoms with Crippen LogP contribution in [-0.4, -0.2) is 25.9 Å². The van der Waals surface area contributed by atoms with E-state index in [1.54, 1.807) is 12.1 Å². The molecule has 10 heteroatoms. The number of non-ortho nitro benzene ring substituents is 1. The molecule has 28 heavy (non-hydrogen) atoms. The molecule has 2 heterocycles. The van der Waals surface area contributed by atoms with E-state index in [0.29, 0.717) is 22.3 Å². The number of rotatable bonds is 4. The van der Waals surface area contributed by atoms with Crippen LogP contribution in [-0.2, 0) is 0 Å². The molecule has 4 rings (SSSR count). The van der Waals surface area contributed by atoms with Gasteiger partial charge in [0.25, 0.3) is 5.69 Å². The van der Waals surface area contributed by atoms with Gasteiger partial charge in [-0.1, -0.05) is 46.7 Å². The molecule has 0 fully saturated rings. The number of benzene rings is 2. The van der Waals surface area contributed by atoms with Crippen LogP contribution in [0.5, 0.6) is 5.88 Å². The van der Waals surface area contributed by atoms with Gasteiger partial charge in [0.05, 0.1) is 4.92 Å². The Labute approximate surface area is 173 Å². The lowest BCUT2D eigenvalue weighted by Crippen LogP contribution is -2.17. The van der Waals surface area contributed by atoms with Crippen LogP contribution >= 0.6 is 27.7 Å². The van der Waals surface area contributed by atoms with Crippen molar-refractivity contribution in [3.63, 3.8) is 0 Å². The normalized spacial score (nSPS) is 14.9. The Morgan fingerprint density at radius 2 is 2.14 bits per heavy atom. The smallest absolute Gasteiger partial charge is 0.269 e. The number of nitro groups is 1. The number of halogens is 1. The van der Waals surface area contributed by atoms with E-state index in [2.05, 4.69) is 36.4 Å². The van der Waals surface area contributed by atoms with Crippen molar-refractivity contribution in [2.45, 2.75) is 18.3 Å². The van der Waals surface area contributed by atoms with Gasteiger partial charge in [-0.25, -0.2) is 0 Å². The minimum Gasteiger partial charge on any atom is -0.448 e. The second kappa shape index (κ2) is 7.72. The molecule has 0 bridgehead atoms. The molecule has 0 unspecified atom stereocenters. The molecule has 142 valence electrons. The van der Waals surface area contributed by atoms with Gasteiger partial charge in [0.15, 0.2) is 11.9 Å². The molecule has 0 saturated carbocycles. The fraction of sp³-hybridized carbons (Fsp3) is 0.167. The van der Waals surface area contributed by atoms with Crippen LogP contribution < -0.4 is 10.1 Å². The summed E-state index contributed by atoms with van der Waals surface area (Å²) in [5, 5.41) is 23.5. The molecule has 0 spiro atoms. The molecule has 0 saturated heterocycles. The van der Waals surface area contributed by atoms with E-state index in [9.17, 15) is 10.1 Å². The number of hydrogen-bond acceptors (Lipinski definition) is 8. The lowest BCUT2D eigenvalue weighted by molar-refractivity contribution is -0.385. The van der Waals surface area contributed by atoms with E-state index in [4.69, 9.17) is 4.74 Å². The van der Waals surface area contributed by atoms with Crippen LogP contribution in [0, 0.1) is 10.1 Å². The zero-order chi connectivity index (χ0) is 19.7. The average molecular weight is 460 g/mol. The highest BCUT2D eigenvalue weighted by Crippen LogP contribution is 2.41. The Bertz CT molecular complexity index is 1070. The molecule has 2 aromatic carbocycles. The second-order valence-corrected chi connectivity index (χ2v) is 8.01.